The molecule has 14 heavy (non-hydrogen) atoms. The zero-order valence-corrected chi connectivity index (χ0v) is 8.77. The zero-order chi connectivity index (χ0) is 9.97. The Morgan fingerprint density at radius 2 is 2.36 bits per heavy atom. The van der Waals surface area contributed by atoms with Gasteiger partial charge >= 0.3 is 0 Å². The summed E-state index contributed by atoms with van der Waals surface area (Å²) in [6.45, 7) is 6.57. The number of rotatable bonds is 1. The highest BCUT2D eigenvalue weighted by molar-refractivity contribution is 5.45. The Labute approximate surface area is 85.1 Å². The Bertz CT molecular complexity index is 286. The maximum absolute atomic E-state index is 4.16. The van der Waals surface area contributed by atoms with Crippen LogP contribution >= 0.6 is 0 Å². The number of nitrogens with zero attached hydrogens (tertiary/aromatic N) is 2. The van der Waals surface area contributed by atoms with E-state index in [2.05, 4.69) is 35.1 Å². The molecule has 2 atom stereocenters. The van der Waals surface area contributed by atoms with E-state index in [4.69, 9.17) is 0 Å². The van der Waals surface area contributed by atoms with E-state index in [1.165, 1.54) is 5.69 Å². The van der Waals surface area contributed by atoms with Gasteiger partial charge in [-0.3, -0.25) is 4.98 Å². The Morgan fingerprint density at radius 3 is 3.07 bits per heavy atom. The van der Waals surface area contributed by atoms with Gasteiger partial charge in [0.25, 0.3) is 0 Å². The van der Waals surface area contributed by atoms with Crippen LogP contribution in [0.3, 0.4) is 0 Å². The molecule has 1 aliphatic heterocycles. The first-order valence-electron chi connectivity index (χ1n) is 5.17. The van der Waals surface area contributed by atoms with Crippen molar-refractivity contribution < 1.29 is 0 Å². The molecule has 1 fully saturated rings. The molecule has 0 bridgehead atoms. The van der Waals surface area contributed by atoms with E-state index in [-0.39, 0.29) is 0 Å². The summed E-state index contributed by atoms with van der Waals surface area (Å²) in [5.41, 5.74) is 1.23. The fourth-order valence-corrected chi connectivity index (χ4v) is 1.91. The van der Waals surface area contributed by atoms with Crippen LogP contribution in [0.4, 0.5) is 5.69 Å². The number of piperazine rings is 1. The van der Waals surface area contributed by atoms with Gasteiger partial charge in [0.05, 0.1) is 11.9 Å². The van der Waals surface area contributed by atoms with Crippen molar-refractivity contribution in [1.82, 2.24) is 10.3 Å². The van der Waals surface area contributed by atoms with Crippen LogP contribution in [0.15, 0.2) is 24.5 Å². The van der Waals surface area contributed by atoms with E-state index in [0.717, 1.165) is 13.1 Å². The summed E-state index contributed by atoms with van der Waals surface area (Å²) in [5.74, 6) is 0. The summed E-state index contributed by atoms with van der Waals surface area (Å²) in [5, 5.41) is 3.47. The van der Waals surface area contributed by atoms with Gasteiger partial charge < -0.3 is 10.2 Å². The third kappa shape index (κ3) is 1.87. The van der Waals surface area contributed by atoms with Crippen molar-refractivity contribution >= 4 is 5.69 Å². The van der Waals surface area contributed by atoms with E-state index in [0.29, 0.717) is 12.1 Å². The van der Waals surface area contributed by atoms with Gasteiger partial charge in [-0.25, -0.2) is 0 Å². The topological polar surface area (TPSA) is 28.2 Å². The highest BCUT2D eigenvalue weighted by Crippen LogP contribution is 2.17. The smallest absolute Gasteiger partial charge is 0.0556 e. The predicted molar refractivity (Wildman–Crippen MR) is 58.5 cm³/mol. The van der Waals surface area contributed by atoms with Gasteiger partial charge in [-0.1, -0.05) is 0 Å². The average molecular weight is 191 g/mol. The molecule has 0 aromatic carbocycles. The van der Waals surface area contributed by atoms with Crippen molar-refractivity contribution in [3.8, 4) is 0 Å². The van der Waals surface area contributed by atoms with Crippen LogP contribution in [0, 0.1) is 0 Å². The molecule has 1 saturated heterocycles. The molecule has 0 radical (unpaired) electrons. The molecule has 0 saturated carbocycles. The third-order valence-electron chi connectivity index (χ3n) is 2.74. The quantitative estimate of drug-likeness (QED) is 0.724. The molecule has 2 rings (SSSR count). The standard InChI is InChI=1S/C11H17N3/c1-9-8-14(10(2)6-13-9)11-4-3-5-12-7-11/h3-5,7,9-10,13H,6,8H2,1-2H3. The Balaban J connectivity index is 2.16. The predicted octanol–water partition coefficient (Wildman–Crippen LogP) is 1.27. The Kier molecular flexibility index (Phi) is 2.68. The number of anilines is 1. The van der Waals surface area contributed by atoms with Crippen molar-refractivity contribution in [2.75, 3.05) is 18.0 Å². The van der Waals surface area contributed by atoms with E-state index in [1.807, 2.05) is 18.5 Å². The molecule has 0 amide bonds. The van der Waals surface area contributed by atoms with Crippen LogP contribution in [0.1, 0.15) is 13.8 Å². The maximum Gasteiger partial charge on any atom is 0.0556 e. The number of aromatic nitrogens is 1. The molecule has 0 spiro atoms. The summed E-state index contributed by atoms with van der Waals surface area (Å²) in [6.07, 6.45) is 3.76. The molecule has 1 aromatic rings. The molecule has 3 heteroatoms. The van der Waals surface area contributed by atoms with Crippen molar-refractivity contribution in [1.29, 1.82) is 0 Å². The lowest BCUT2D eigenvalue weighted by molar-refractivity contribution is 0.425. The van der Waals surface area contributed by atoms with Crippen LogP contribution in [-0.4, -0.2) is 30.2 Å². The van der Waals surface area contributed by atoms with Crippen molar-refractivity contribution in [2.24, 2.45) is 0 Å². The lowest BCUT2D eigenvalue weighted by Crippen LogP contribution is -2.54. The molecule has 2 unspecified atom stereocenters. The second-order valence-electron chi connectivity index (χ2n) is 4.02. The monoisotopic (exact) mass is 191 g/mol. The number of hydrogen-bond donors (Lipinski definition) is 1. The molecular weight excluding hydrogens is 174 g/mol. The molecule has 3 nitrogen and oxygen atoms in total. The summed E-state index contributed by atoms with van der Waals surface area (Å²) >= 11 is 0. The van der Waals surface area contributed by atoms with Gasteiger partial charge in [-0.05, 0) is 26.0 Å². The molecule has 1 aromatic heterocycles. The molecule has 1 aliphatic rings. The molecule has 76 valence electrons. The Hall–Kier alpha value is -1.09. The largest absolute Gasteiger partial charge is 0.365 e. The Morgan fingerprint density at radius 1 is 1.50 bits per heavy atom. The van der Waals surface area contributed by atoms with E-state index < -0.39 is 0 Å². The minimum absolute atomic E-state index is 0.551. The molecule has 0 aliphatic carbocycles. The van der Waals surface area contributed by atoms with E-state index in [9.17, 15) is 0 Å². The van der Waals surface area contributed by atoms with E-state index in [1.54, 1.807) is 0 Å². The fraction of sp³-hybridized carbons (Fsp3) is 0.545. The second kappa shape index (κ2) is 3.96. The SMILES string of the molecule is CC1CN(c2cccnc2)C(C)CN1. The summed E-state index contributed by atoms with van der Waals surface area (Å²) in [6, 6.07) is 5.23. The van der Waals surface area contributed by atoms with Crippen LogP contribution < -0.4 is 10.2 Å². The number of hydrogen-bond acceptors (Lipinski definition) is 3. The molecule has 2 heterocycles. The second-order valence-corrected chi connectivity index (χ2v) is 4.02. The van der Waals surface area contributed by atoms with Gasteiger partial charge in [0.2, 0.25) is 0 Å². The van der Waals surface area contributed by atoms with Crippen LogP contribution in [0.25, 0.3) is 0 Å². The summed E-state index contributed by atoms with van der Waals surface area (Å²) in [7, 11) is 0. The number of pyridine rings is 1. The molecule has 1 N–H and O–H groups in total. The van der Waals surface area contributed by atoms with Crippen LogP contribution in [0.2, 0.25) is 0 Å². The van der Waals surface area contributed by atoms with E-state index >= 15 is 0 Å². The molecular formula is C11H17N3. The maximum atomic E-state index is 4.16. The van der Waals surface area contributed by atoms with Crippen molar-refractivity contribution in [2.45, 2.75) is 25.9 Å². The first-order valence-corrected chi connectivity index (χ1v) is 5.17. The number of nitrogens with one attached hydrogen (secondary N) is 1. The van der Waals surface area contributed by atoms with Crippen LogP contribution in [0.5, 0.6) is 0 Å². The lowest BCUT2D eigenvalue weighted by Gasteiger charge is -2.39. The van der Waals surface area contributed by atoms with Crippen molar-refractivity contribution in [3.05, 3.63) is 24.5 Å². The fourth-order valence-electron chi connectivity index (χ4n) is 1.91. The summed E-state index contributed by atoms with van der Waals surface area (Å²) in [4.78, 5) is 6.57. The third-order valence-corrected chi connectivity index (χ3v) is 2.74. The highest BCUT2D eigenvalue weighted by Gasteiger charge is 2.22. The minimum atomic E-state index is 0.551. The van der Waals surface area contributed by atoms with Gasteiger partial charge in [-0.15, -0.1) is 0 Å². The zero-order valence-electron chi connectivity index (χ0n) is 8.77. The first-order chi connectivity index (χ1) is 6.77. The van der Waals surface area contributed by atoms with Crippen molar-refractivity contribution in [3.63, 3.8) is 0 Å². The highest BCUT2D eigenvalue weighted by atomic mass is 15.2. The first kappa shape index (κ1) is 9.46. The minimum Gasteiger partial charge on any atom is -0.365 e. The van der Waals surface area contributed by atoms with Gasteiger partial charge in [0, 0.05) is 31.4 Å². The van der Waals surface area contributed by atoms with Gasteiger partial charge in [0.1, 0.15) is 0 Å². The summed E-state index contributed by atoms with van der Waals surface area (Å²) < 4.78 is 0. The average Bonchev–Trinajstić information content (AvgIpc) is 2.23. The van der Waals surface area contributed by atoms with Gasteiger partial charge in [-0.2, -0.15) is 0 Å². The van der Waals surface area contributed by atoms with Crippen LogP contribution in [-0.2, 0) is 0 Å². The van der Waals surface area contributed by atoms with Gasteiger partial charge in [0.15, 0.2) is 0 Å². The lowest BCUT2D eigenvalue weighted by atomic mass is 10.1. The normalized spacial score (nSPS) is 27.7.